The van der Waals surface area contributed by atoms with Crippen molar-refractivity contribution in [2.45, 2.75) is 19.4 Å². The van der Waals surface area contributed by atoms with Gasteiger partial charge in [-0.1, -0.05) is 23.7 Å². The van der Waals surface area contributed by atoms with Crippen molar-refractivity contribution in [2.24, 2.45) is 5.73 Å². The van der Waals surface area contributed by atoms with Crippen molar-refractivity contribution in [3.8, 4) is 0 Å². The smallest absolute Gasteiger partial charge is 0.239 e. The van der Waals surface area contributed by atoms with Gasteiger partial charge in [0.25, 0.3) is 0 Å². The van der Waals surface area contributed by atoms with Crippen LogP contribution in [0, 0.1) is 0 Å². The fourth-order valence-electron chi connectivity index (χ4n) is 2.40. The van der Waals surface area contributed by atoms with Crippen LogP contribution in [0.25, 0.3) is 0 Å². The fraction of sp³-hybridized carbons (Fsp3) is 0.467. The first-order valence-electron chi connectivity index (χ1n) is 7.04. The molecule has 0 spiro atoms. The first kappa shape index (κ1) is 15.8. The Morgan fingerprint density at radius 1 is 1.24 bits per heavy atom. The van der Waals surface area contributed by atoms with Crippen LogP contribution in [0.2, 0.25) is 5.02 Å². The van der Waals surface area contributed by atoms with Crippen LogP contribution in [-0.4, -0.2) is 53.8 Å². The minimum atomic E-state index is -0.487. The molecule has 6 heteroatoms. The highest BCUT2D eigenvalue weighted by atomic mass is 35.5. The molecule has 2 N–H and O–H groups in total. The third-order valence-electron chi connectivity index (χ3n) is 3.58. The van der Waals surface area contributed by atoms with Gasteiger partial charge in [-0.15, -0.1) is 0 Å². The Kier molecular flexibility index (Phi) is 5.20. The molecule has 1 saturated heterocycles. The number of carbonyl (C=O) groups excluding carboxylic acids is 2. The highest BCUT2D eigenvalue weighted by molar-refractivity contribution is 6.30. The van der Waals surface area contributed by atoms with Gasteiger partial charge in [-0.25, -0.2) is 0 Å². The maximum absolute atomic E-state index is 12.2. The fourth-order valence-corrected chi connectivity index (χ4v) is 2.61. The lowest BCUT2D eigenvalue weighted by Crippen LogP contribution is -2.54. The number of nitrogens with zero attached hydrogens (tertiary/aromatic N) is 2. The summed E-state index contributed by atoms with van der Waals surface area (Å²) in [5, 5.41) is 0.632. The zero-order chi connectivity index (χ0) is 15.4. The number of amides is 2. The number of hydrogen-bond donors (Lipinski definition) is 1. The third kappa shape index (κ3) is 4.19. The molecule has 0 aliphatic carbocycles. The number of carbonyl (C=O) groups is 2. The number of benzene rings is 1. The molecule has 0 saturated carbocycles. The summed E-state index contributed by atoms with van der Waals surface area (Å²) in [6, 6.07) is 6.83. The second kappa shape index (κ2) is 6.91. The van der Waals surface area contributed by atoms with Crippen molar-refractivity contribution in [1.82, 2.24) is 9.80 Å². The summed E-state index contributed by atoms with van der Waals surface area (Å²) in [6.45, 7) is 3.87. The summed E-state index contributed by atoms with van der Waals surface area (Å²) in [5.74, 6) is 0.00195. The summed E-state index contributed by atoms with van der Waals surface area (Å²) in [7, 11) is 0. The van der Waals surface area contributed by atoms with Gasteiger partial charge >= 0.3 is 0 Å². The second-order valence-electron chi connectivity index (χ2n) is 5.30. The van der Waals surface area contributed by atoms with Crippen molar-refractivity contribution in [3.05, 3.63) is 34.9 Å². The number of halogens is 1. The standard InChI is InChI=1S/C15H20ClN3O2/c1-11(17)15(21)19-7-5-18(6-8-19)14(20)10-12-3-2-4-13(16)9-12/h2-4,9,11H,5-8,10,17H2,1H3/t11-/m1/s1. The molecule has 114 valence electrons. The summed E-state index contributed by atoms with van der Waals surface area (Å²) in [4.78, 5) is 27.5. The van der Waals surface area contributed by atoms with Crippen LogP contribution in [0.5, 0.6) is 0 Å². The van der Waals surface area contributed by atoms with Crippen molar-refractivity contribution >= 4 is 23.4 Å². The van der Waals surface area contributed by atoms with Crippen LogP contribution in [0.4, 0.5) is 0 Å². The summed E-state index contributed by atoms with van der Waals surface area (Å²) >= 11 is 5.92. The van der Waals surface area contributed by atoms with E-state index in [1.165, 1.54) is 0 Å². The van der Waals surface area contributed by atoms with Crippen LogP contribution >= 0.6 is 11.6 Å². The second-order valence-corrected chi connectivity index (χ2v) is 5.74. The Bertz CT molecular complexity index is 525. The average molecular weight is 310 g/mol. The Morgan fingerprint density at radius 3 is 2.43 bits per heavy atom. The van der Waals surface area contributed by atoms with Crippen LogP contribution in [0.3, 0.4) is 0 Å². The van der Waals surface area contributed by atoms with Crippen LogP contribution in [0.15, 0.2) is 24.3 Å². The van der Waals surface area contributed by atoms with Gasteiger partial charge in [0.1, 0.15) is 0 Å². The Balaban J connectivity index is 1.87. The minimum absolute atomic E-state index is 0.0584. The Hall–Kier alpha value is -1.59. The quantitative estimate of drug-likeness (QED) is 0.902. The zero-order valence-corrected chi connectivity index (χ0v) is 12.8. The highest BCUT2D eigenvalue weighted by Crippen LogP contribution is 2.13. The third-order valence-corrected chi connectivity index (χ3v) is 3.81. The molecule has 0 radical (unpaired) electrons. The molecule has 0 bridgehead atoms. The Morgan fingerprint density at radius 2 is 1.86 bits per heavy atom. The summed E-state index contributed by atoms with van der Waals surface area (Å²) < 4.78 is 0. The molecule has 5 nitrogen and oxygen atoms in total. The molecule has 1 aromatic carbocycles. The normalized spacial score (nSPS) is 16.7. The number of piperazine rings is 1. The highest BCUT2D eigenvalue weighted by Gasteiger charge is 2.25. The molecule has 2 rings (SSSR count). The SMILES string of the molecule is C[C@@H](N)C(=O)N1CCN(C(=O)Cc2cccc(Cl)c2)CC1. The number of rotatable bonds is 3. The van der Waals surface area contributed by atoms with Crippen molar-refractivity contribution in [1.29, 1.82) is 0 Å². The first-order chi connectivity index (χ1) is 9.97. The van der Waals surface area contributed by atoms with E-state index >= 15 is 0 Å². The van der Waals surface area contributed by atoms with Gasteiger partial charge in [0.2, 0.25) is 11.8 Å². The maximum atomic E-state index is 12.2. The topological polar surface area (TPSA) is 66.6 Å². The molecule has 1 atom stereocenters. The van der Waals surface area contributed by atoms with E-state index in [0.717, 1.165) is 5.56 Å². The molecule has 0 aromatic heterocycles. The van der Waals surface area contributed by atoms with E-state index in [0.29, 0.717) is 37.6 Å². The van der Waals surface area contributed by atoms with E-state index in [9.17, 15) is 9.59 Å². The van der Waals surface area contributed by atoms with Crippen LogP contribution in [0.1, 0.15) is 12.5 Å². The molecule has 1 aliphatic heterocycles. The minimum Gasteiger partial charge on any atom is -0.339 e. The number of hydrogen-bond acceptors (Lipinski definition) is 3. The van der Waals surface area contributed by atoms with Crippen molar-refractivity contribution in [3.63, 3.8) is 0 Å². The molecule has 1 aliphatic rings. The monoisotopic (exact) mass is 309 g/mol. The molecule has 21 heavy (non-hydrogen) atoms. The largest absolute Gasteiger partial charge is 0.339 e. The van der Waals surface area contributed by atoms with E-state index in [1.807, 2.05) is 12.1 Å². The molecule has 0 unspecified atom stereocenters. The molecular formula is C15H20ClN3O2. The lowest BCUT2D eigenvalue weighted by molar-refractivity contribution is -0.139. The molecule has 1 fully saturated rings. The van der Waals surface area contributed by atoms with E-state index in [2.05, 4.69) is 0 Å². The van der Waals surface area contributed by atoms with E-state index < -0.39 is 6.04 Å². The molecule has 1 aromatic rings. The lowest BCUT2D eigenvalue weighted by Gasteiger charge is -2.35. The van der Waals surface area contributed by atoms with Gasteiger partial charge in [-0.2, -0.15) is 0 Å². The van der Waals surface area contributed by atoms with Gasteiger partial charge < -0.3 is 15.5 Å². The van der Waals surface area contributed by atoms with Crippen molar-refractivity contribution < 1.29 is 9.59 Å². The zero-order valence-electron chi connectivity index (χ0n) is 12.1. The summed E-state index contributed by atoms with van der Waals surface area (Å²) in [6.07, 6.45) is 0.335. The van der Waals surface area contributed by atoms with Gasteiger partial charge in [0.05, 0.1) is 12.5 Å². The van der Waals surface area contributed by atoms with E-state index in [4.69, 9.17) is 17.3 Å². The van der Waals surface area contributed by atoms with Gasteiger partial charge in [-0.3, -0.25) is 9.59 Å². The van der Waals surface area contributed by atoms with Gasteiger partial charge in [-0.05, 0) is 24.6 Å². The molecular weight excluding hydrogens is 290 g/mol. The van der Waals surface area contributed by atoms with Crippen LogP contribution in [-0.2, 0) is 16.0 Å². The van der Waals surface area contributed by atoms with E-state index in [1.54, 1.807) is 28.9 Å². The van der Waals surface area contributed by atoms with Gasteiger partial charge in [0.15, 0.2) is 0 Å². The van der Waals surface area contributed by atoms with Crippen LogP contribution < -0.4 is 5.73 Å². The Labute approximate surface area is 129 Å². The van der Waals surface area contributed by atoms with E-state index in [-0.39, 0.29) is 11.8 Å². The predicted molar refractivity (Wildman–Crippen MR) is 82.0 cm³/mol. The lowest BCUT2D eigenvalue weighted by atomic mass is 10.1. The average Bonchev–Trinajstić information content (AvgIpc) is 2.46. The molecule has 2 amide bonds. The van der Waals surface area contributed by atoms with Gasteiger partial charge in [0, 0.05) is 31.2 Å². The van der Waals surface area contributed by atoms with Crippen molar-refractivity contribution in [2.75, 3.05) is 26.2 Å². The predicted octanol–water partition coefficient (Wildman–Crippen LogP) is 0.901. The molecule has 1 heterocycles. The maximum Gasteiger partial charge on any atom is 0.239 e. The number of nitrogens with two attached hydrogens (primary N) is 1. The first-order valence-corrected chi connectivity index (χ1v) is 7.42. The summed E-state index contributed by atoms with van der Waals surface area (Å²) in [5.41, 5.74) is 6.50.